The maximum atomic E-state index is 10.9. The van der Waals surface area contributed by atoms with E-state index in [2.05, 4.69) is 11.9 Å². The lowest BCUT2D eigenvalue weighted by molar-refractivity contribution is -0.141. The Morgan fingerprint density at radius 3 is 2.58 bits per heavy atom. The molecule has 0 aromatic rings. The van der Waals surface area contributed by atoms with Crippen LogP contribution in [0.1, 0.15) is 19.8 Å². The number of carboxylic acids is 1. The molecule has 4 heteroatoms. The average molecular weight is 171 g/mol. The van der Waals surface area contributed by atoms with Gasteiger partial charge in [0.15, 0.2) is 0 Å². The molecule has 0 bridgehead atoms. The van der Waals surface area contributed by atoms with E-state index in [9.17, 15) is 9.59 Å². The first-order valence-corrected chi connectivity index (χ1v) is 3.74. The standard InChI is InChI=1S/C8H13NO3/c1-3-5-7(10)9-6(4-2)8(11)12/h3,6H,1,4-5H2,2H3,(H,9,10)(H,11,12)/t6-/m0/s1. The fourth-order valence-electron chi connectivity index (χ4n) is 0.723. The number of carboxylic acid groups (broad SMARTS) is 1. The van der Waals surface area contributed by atoms with E-state index < -0.39 is 12.0 Å². The van der Waals surface area contributed by atoms with E-state index in [1.807, 2.05) is 0 Å². The molecule has 0 aromatic heterocycles. The van der Waals surface area contributed by atoms with Gasteiger partial charge in [0, 0.05) is 6.42 Å². The number of carbonyl (C=O) groups excluding carboxylic acids is 1. The van der Waals surface area contributed by atoms with Gasteiger partial charge in [0.1, 0.15) is 6.04 Å². The van der Waals surface area contributed by atoms with Crippen molar-refractivity contribution >= 4 is 11.9 Å². The van der Waals surface area contributed by atoms with Crippen molar-refractivity contribution in [3.05, 3.63) is 12.7 Å². The van der Waals surface area contributed by atoms with Crippen LogP contribution in [0.3, 0.4) is 0 Å². The van der Waals surface area contributed by atoms with Gasteiger partial charge in [-0.2, -0.15) is 0 Å². The van der Waals surface area contributed by atoms with Crippen LogP contribution in [-0.4, -0.2) is 23.0 Å². The molecular formula is C8H13NO3. The largest absolute Gasteiger partial charge is 0.480 e. The highest BCUT2D eigenvalue weighted by molar-refractivity contribution is 5.84. The van der Waals surface area contributed by atoms with E-state index in [-0.39, 0.29) is 12.3 Å². The number of amides is 1. The van der Waals surface area contributed by atoms with E-state index in [1.54, 1.807) is 6.92 Å². The summed E-state index contributed by atoms with van der Waals surface area (Å²) in [4.78, 5) is 21.3. The van der Waals surface area contributed by atoms with Gasteiger partial charge in [0.05, 0.1) is 0 Å². The Labute approximate surface area is 71.3 Å². The molecule has 0 aliphatic heterocycles. The molecule has 0 radical (unpaired) electrons. The Bertz CT molecular complexity index is 189. The Morgan fingerprint density at radius 2 is 2.25 bits per heavy atom. The zero-order valence-electron chi connectivity index (χ0n) is 7.04. The summed E-state index contributed by atoms with van der Waals surface area (Å²) >= 11 is 0. The summed E-state index contributed by atoms with van der Waals surface area (Å²) in [7, 11) is 0. The number of carbonyl (C=O) groups is 2. The van der Waals surface area contributed by atoms with Crippen molar-refractivity contribution in [2.75, 3.05) is 0 Å². The summed E-state index contributed by atoms with van der Waals surface area (Å²) in [6.07, 6.45) is 1.98. The quantitative estimate of drug-likeness (QED) is 0.593. The number of aliphatic carboxylic acids is 1. The Balaban J connectivity index is 3.93. The summed E-state index contributed by atoms with van der Waals surface area (Å²) in [6.45, 7) is 5.07. The predicted molar refractivity (Wildman–Crippen MR) is 44.7 cm³/mol. The molecule has 0 unspecified atom stereocenters. The summed E-state index contributed by atoms with van der Waals surface area (Å²) in [5.74, 6) is -1.31. The molecule has 0 aliphatic rings. The Kier molecular flexibility index (Phi) is 4.76. The van der Waals surface area contributed by atoms with Crippen LogP contribution in [-0.2, 0) is 9.59 Å². The van der Waals surface area contributed by atoms with Gasteiger partial charge in [-0.3, -0.25) is 4.79 Å². The molecule has 4 nitrogen and oxygen atoms in total. The predicted octanol–water partition coefficient (Wildman–Crippen LogP) is 0.542. The SMILES string of the molecule is C=CCC(=O)N[C@@H](CC)C(=O)O. The van der Waals surface area contributed by atoms with Gasteiger partial charge in [0.25, 0.3) is 0 Å². The van der Waals surface area contributed by atoms with Gasteiger partial charge in [-0.15, -0.1) is 6.58 Å². The average Bonchev–Trinajstić information content (AvgIpc) is 2.00. The van der Waals surface area contributed by atoms with Crippen molar-refractivity contribution in [1.29, 1.82) is 0 Å². The normalized spacial score (nSPS) is 11.8. The van der Waals surface area contributed by atoms with Crippen LogP contribution in [0.15, 0.2) is 12.7 Å². The number of nitrogens with one attached hydrogen (secondary N) is 1. The Hall–Kier alpha value is -1.32. The van der Waals surface area contributed by atoms with Crippen LogP contribution in [0.25, 0.3) is 0 Å². The first-order chi connectivity index (χ1) is 5.61. The van der Waals surface area contributed by atoms with E-state index >= 15 is 0 Å². The monoisotopic (exact) mass is 171 g/mol. The second kappa shape index (κ2) is 5.35. The molecule has 68 valence electrons. The van der Waals surface area contributed by atoms with Crippen molar-refractivity contribution in [3.8, 4) is 0 Å². The van der Waals surface area contributed by atoms with Crippen molar-refractivity contribution in [1.82, 2.24) is 5.32 Å². The maximum Gasteiger partial charge on any atom is 0.326 e. The molecule has 0 heterocycles. The van der Waals surface area contributed by atoms with E-state index in [0.29, 0.717) is 6.42 Å². The van der Waals surface area contributed by atoms with Gasteiger partial charge in [0.2, 0.25) is 5.91 Å². The third-order valence-electron chi connectivity index (χ3n) is 1.37. The molecular weight excluding hydrogens is 158 g/mol. The molecule has 1 atom stereocenters. The third kappa shape index (κ3) is 3.75. The molecule has 0 saturated heterocycles. The summed E-state index contributed by atoms with van der Waals surface area (Å²) in [6, 6.07) is -0.780. The summed E-state index contributed by atoms with van der Waals surface area (Å²) in [5.41, 5.74) is 0. The molecule has 0 aliphatic carbocycles. The van der Waals surface area contributed by atoms with E-state index in [0.717, 1.165) is 0 Å². The minimum Gasteiger partial charge on any atom is -0.480 e. The van der Waals surface area contributed by atoms with Crippen molar-refractivity contribution in [2.45, 2.75) is 25.8 Å². The van der Waals surface area contributed by atoms with E-state index in [1.165, 1.54) is 6.08 Å². The van der Waals surface area contributed by atoms with Gasteiger partial charge in [-0.1, -0.05) is 13.0 Å². The molecule has 0 saturated carbocycles. The lowest BCUT2D eigenvalue weighted by atomic mass is 10.2. The third-order valence-corrected chi connectivity index (χ3v) is 1.37. The van der Waals surface area contributed by atoms with Crippen LogP contribution < -0.4 is 5.32 Å². The molecule has 0 rings (SSSR count). The first-order valence-electron chi connectivity index (χ1n) is 3.74. The lowest BCUT2D eigenvalue weighted by Gasteiger charge is -2.10. The van der Waals surface area contributed by atoms with Gasteiger partial charge in [-0.05, 0) is 6.42 Å². The minimum absolute atomic E-state index is 0.157. The second-order valence-corrected chi connectivity index (χ2v) is 2.36. The second-order valence-electron chi connectivity index (χ2n) is 2.36. The van der Waals surface area contributed by atoms with Crippen LogP contribution in [0.4, 0.5) is 0 Å². The molecule has 0 spiro atoms. The highest BCUT2D eigenvalue weighted by atomic mass is 16.4. The van der Waals surface area contributed by atoms with E-state index in [4.69, 9.17) is 5.11 Å². The molecule has 2 N–H and O–H groups in total. The van der Waals surface area contributed by atoms with Gasteiger partial charge in [-0.25, -0.2) is 4.79 Å². The minimum atomic E-state index is -1.00. The van der Waals surface area contributed by atoms with Crippen molar-refractivity contribution in [2.24, 2.45) is 0 Å². The molecule has 12 heavy (non-hydrogen) atoms. The molecule has 0 fully saturated rings. The number of hydrogen-bond donors (Lipinski definition) is 2. The zero-order chi connectivity index (χ0) is 9.56. The highest BCUT2D eigenvalue weighted by Gasteiger charge is 2.15. The lowest BCUT2D eigenvalue weighted by Crippen LogP contribution is -2.39. The van der Waals surface area contributed by atoms with Crippen LogP contribution >= 0.6 is 0 Å². The molecule has 1 amide bonds. The first kappa shape index (κ1) is 10.7. The molecule has 0 aromatic carbocycles. The van der Waals surface area contributed by atoms with Crippen LogP contribution in [0.2, 0.25) is 0 Å². The Morgan fingerprint density at radius 1 is 1.67 bits per heavy atom. The maximum absolute atomic E-state index is 10.9. The zero-order valence-corrected chi connectivity index (χ0v) is 7.04. The van der Waals surface area contributed by atoms with Crippen LogP contribution in [0.5, 0.6) is 0 Å². The number of hydrogen-bond acceptors (Lipinski definition) is 2. The highest BCUT2D eigenvalue weighted by Crippen LogP contribution is 1.92. The fraction of sp³-hybridized carbons (Fsp3) is 0.500. The van der Waals surface area contributed by atoms with Gasteiger partial charge < -0.3 is 10.4 Å². The summed E-state index contributed by atoms with van der Waals surface area (Å²) < 4.78 is 0. The van der Waals surface area contributed by atoms with Crippen LogP contribution in [0, 0.1) is 0 Å². The van der Waals surface area contributed by atoms with Crippen molar-refractivity contribution in [3.63, 3.8) is 0 Å². The number of rotatable bonds is 5. The summed E-state index contributed by atoms with van der Waals surface area (Å²) in [5, 5.41) is 10.9. The van der Waals surface area contributed by atoms with Crippen molar-refractivity contribution < 1.29 is 14.7 Å². The van der Waals surface area contributed by atoms with Gasteiger partial charge >= 0.3 is 5.97 Å². The smallest absolute Gasteiger partial charge is 0.326 e. The fourth-order valence-corrected chi connectivity index (χ4v) is 0.723. The topological polar surface area (TPSA) is 66.4 Å².